The van der Waals surface area contributed by atoms with Crippen molar-refractivity contribution in [3.05, 3.63) is 54.6 Å². The number of hydrogen-bond donors (Lipinski definition) is 2. The minimum Gasteiger partial charge on any atom is -0.385 e. The Morgan fingerprint density at radius 2 is 2.03 bits per heavy atom. The van der Waals surface area contributed by atoms with Crippen molar-refractivity contribution in [2.45, 2.75) is 36.6 Å². The van der Waals surface area contributed by atoms with E-state index in [0.717, 1.165) is 3.97 Å². The summed E-state index contributed by atoms with van der Waals surface area (Å²) in [7, 11) is -3.86. The van der Waals surface area contributed by atoms with Gasteiger partial charge in [-0.25, -0.2) is 26.7 Å². The molecule has 10 heteroatoms. The van der Waals surface area contributed by atoms with E-state index >= 15 is 0 Å². The lowest BCUT2D eigenvalue weighted by Gasteiger charge is -2.30. The molecule has 3 aromatic heterocycles. The fourth-order valence-electron chi connectivity index (χ4n) is 4.29. The van der Waals surface area contributed by atoms with Crippen molar-refractivity contribution in [3.8, 4) is 0 Å². The maximum Gasteiger partial charge on any atom is 0.269 e. The molecule has 0 amide bonds. The maximum atomic E-state index is 14.9. The quantitative estimate of drug-likeness (QED) is 0.503. The van der Waals surface area contributed by atoms with Gasteiger partial charge in [-0.05, 0) is 38.1 Å². The molecule has 8 nitrogen and oxygen atoms in total. The highest BCUT2D eigenvalue weighted by Crippen LogP contribution is 2.35. The number of alkyl halides is 1. The van der Waals surface area contributed by atoms with Gasteiger partial charge < -0.3 is 15.0 Å². The predicted molar refractivity (Wildman–Crippen MR) is 114 cm³/mol. The molecule has 31 heavy (non-hydrogen) atoms. The summed E-state index contributed by atoms with van der Waals surface area (Å²) in [5.41, 5.74) is 1.31. The van der Waals surface area contributed by atoms with Crippen molar-refractivity contribution in [1.82, 2.24) is 23.8 Å². The molecular formula is C21H22FN5O3S. The summed E-state index contributed by atoms with van der Waals surface area (Å²) in [6.07, 6.45) is 1.38. The number of aliphatic hydroxyl groups excluding tert-OH is 1. The number of nitrogens with zero attached hydrogens (tertiary/aromatic N) is 4. The van der Waals surface area contributed by atoms with Crippen LogP contribution in [0.15, 0.2) is 53.7 Å². The van der Waals surface area contributed by atoms with Crippen LogP contribution in [0.25, 0.3) is 22.1 Å². The second kappa shape index (κ2) is 7.40. The van der Waals surface area contributed by atoms with E-state index in [-0.39, 0.29) is 17.1 Å². The summed E-state index contributed by atoms with van der Waals surface area (Å²) in [5.74, 6) is 0.345. The molecule has 0 saturated carbocycles. The lowest BCUT2D eigenvalue weighted by atomic mass is 10.0. The number of fused-ring (bicyclic) bond motifs is 3. The summed E-state index contributed by atoms with van der Waals surface area (Å²) in [4.78, 5) is 9.01. The van der Waals surface area contributed by atoms with E-state index < -0.39 is 28.3 Å². The van der Waals surface area contributed by atoms with E-state index in [1.54, 1.807) is 35.8 Å². The van der Waals surface area contributed by atoms with Crippen molar-refractivity contribution >= 4 is 32.1 Å². The first-order chi connectivity index (χ1) is 14.9. The first-order valence-corrected chi connectivity index (χ1v) is 11.5. The Labute approximate surface area is 178 Å². The number of nitrogens with one attached hydrogen (secondary N) is 1. The second-order valence-corrected chi connectivity index (χ2v) is 9.57. The first-order valence-electron chi connectivity index (χ1n) is 10.1. The Bertz CT molecular complexity index is 1360. The van der Waals surface area contributed by atoms with Crippen molar-refractivity contribution in [1.29, 1.82) is 0 Å². The van der Waals surface area contributed by atoms with Crippen molar-refractivity contribution in [2.75, 3.05) is 13.1 Å². The summed E-state index contributed by atoms with van der Waals surface area (Å²) in [5, 5.41) is 13.9. The SMILES string of the molecule is C[C@@H](O)c1nc2cnc3c(ccn3S(=O)(=O)c3ccccc3)c2n1C1CCNCC1F. The van der Waals surface area contributed by atoms with Crippen molar-refractivity contribution in [2.24, 2.45) is 0 Å². The fraction of sp³-hybridized carbons (Fsp3) is 0.333. The Hall–Kier alpha value is -2.82. The standard InChI is InChI=1S/C21H22FN5O3S/c1-13(28)20-25-17-12-24-21-15(19(17)27(20)18-7-9-23-11-16(18)22)8-10-26(21)31(29,30)14-5-3-2-4-6-14/h2-6,8,10,12-13,16,18,23,28H,7,9,11H2,1H3/t13-,16?,18?/m1/s1. The number of rotatable bonds is 4. The third kappa shape index (κ3) is 3.13. The van der Waals surface area contributed by atoms with Crippen LogP contribution in [0.1, 0.15) is 31.3 Å². The molecule has 2 unspecified atom stereocenters. The van der Waals surface area contributed by atoms with Crippen LogP contribution in [-0.2, 0) is 10.0 Å². The molecule has 1 aliphatic rings. The molecule has 4 heterocycles. The zero-order valence-corrected chi connectivity index (χ0v) is 17.6. The highest BCUT2D eigenvalue weighted by atomic mass is 32.2. The summed E-state index contributed by atoms with van der Waals surface area (Å²) in [6.45, 7) is 2.44. The monoisotopic (exact) mass is 443 g/mol. The number of piperidine rings is 1. The molecule has 1 aromatic carbocycles. The summed E-state index contributed by atoms with van der Waals surface area (Å²) < 4.78 is 44.1. The largest absolute Gasteiger partial charge is 0.385 e. The molecule has 2 N–H and O–H groups in total. The van der Waals surface area contributed by atoms with Gasteiger partial charge in [-0.1, -0.05) is 18.2 Å². The van der Waals surface area contributed by atoms with Gasteiger partial charge in [0.1, 0.15) is 23.6 Å². The van der Waals surface area contributed by atoms with Gasteiger partial charge in [0.05, 0.1) is 22.7 Å². The van der Waals surface area contributed by atoms with Crippen LogP contribution in [-0.4, -0.2) is 51.3 Å². The Morgan fingerprint density at radius 1 is 1.26 bits per heavy atom. The Balaban J connectivity index is 1.78. The van der Waals surface area contributed by atoms with E-state index in [0.29, 0.717) is 35.2 Å². The maximum absolute atomic E-state index is 14.9. The molecule has 162 valence electrons. The van der Waals surface area contributed by atoms with Gasteiger partial charge in [-0.15, -0.1) is 0 Å². The molecule has 1 fully saturated rings. The average molecular weight is 444 g/mol. The van der Waals surface area contributed by atoms with Crippen LogP contribution in [0.4, 0.5) is 4.39 Å². The molecule has 1 aliphatic heterocycles. The Morgan fingerprint density at radius 3 is 2.74 bits per heavy atom. The number of aliphatic hydroxyl groups is 1. The van der Waals surface area contributed by atoms with Crippen molar-refractivity contribution in [3.63, 3.8) is 0 Å². The fourth-order valence-corrected chi connectivity index (χ4v) is 5.62. The van der Waals surface area contributed by atoms with Gasteiger partial charge in [0.15, 0.2) is 5.65 Å². The lowest BCUT2D eigenvalue weighted by Crippen LogP contribution is -2.39. The molecule has 5 rings (SSSR count). The minimum atomic E-state index is -3.86. The van der Waals surface area contributed by atoms with Crippen LogP contribution < -0.4 is 5.32 Å². The summed E-state index contributed by atoms with van der Waals surface area (Å²) >= 11 is 0. The number of aromatic nitrogens is 4. The number of benzene rings is 1. The van der Waals surface area contributed by atoms with Crippen LogP contribution in [0.3, 0.4) is 0 Å². The smallest absolute Gasteiger partial charge is 0.269 e. The third-order valence-corrected chi connectivity index (χ3v) is 7.42. The topological polar surface area (TPSA) is 102 Å². The van der Waals surface area contributed by atoms with Crippen LogP contribution in [0.2, 0.25) is 0 Å². The van der Waals surface area contributed by atoms with E-state index in [4.69, 9.17) is 0 Å². The molecule has 0 spiro atoms. The molecule has 0 aliphatic carbocycles. The lowest BCUT2D eigenvalue weighted by molar-refractivity contribution is 0.153. The molecule has 0 radical (unpaired) electrons. The van der Waals surface area contributed by atoms with E-state index in [2.05, 4.69) is 15.3 Å². The number of halogens is 1. The van der Waals surface area contributed by atoms with Crippen LogP contribution in [0, 0.1) is 0 Å². The van der Waals surface area contributed by atoms with E-state index in [9.17, 15) is 17.9 Å². The average Bonchev–Trinajstić information content (AvgIpc) is 3.36. The molecule has 4 aromatic rings. The van der Waals surface area contributed by atoms with Gasteiger partial charge in [0.2, 0.25) is 0 Å². The van der Waals surface area contributed by atoms with Gasteiger partial charge in [-0.3, -0.25) is 0 Å². The van der Waals surface area contributed by atoms with Gasteiger partial charge in [0.25, 0.3) is 10.0 Å². The Kier molecular flexibility index (Phi) is 4.80. The number of pyridine rings is 1. The minimum absolute atomic E-state index is 0.148. The zero-order valence-electron chi connectivity index (χ0n) is 16.8. The highest BCUT2D eigenvalue weighted by molar-refractivity contribution is 7.90. The molecule has 0 bridgehead atoms. The van der Waals surface area contributed by atoms with Crippen LogP contribution in [0.5, 0.6) is 0 Å². The zero-order chi connectivity index (χ0) is 21.8. The van der Waals surface area contributed by atoms with Gasteiger partial charge >= 0.3 is 0 Å². The number of hydrogen-bond acceptors (Lipinski definition) is 6. The summed E-state index contributed by atoms with van der Waals surface area (Å²) in [6, 6.07) is 9.26. The molecular weight excluding hydrogens is 421 g/mol. The van der Waals surface area contributed by atoms with Crippen molar-refractivity contribution < 1.29 is 17.9 Å². The second-order valence-electron chi connectivity index (χ2n) is 7.75. The van der Waals surface area contributed by atoms with E-state index in [1.807, 2.05) is 0 Å². The van der Waals surface area contributed by atoms with Gasteiger partial charge in [0, 0.05) is 18.1 Å². The van der Waals surface area contributed by atoms with Crippen LogP contribution >= 0.6 is 0 Å². The molecule has 3 atom stereocenters. The normalized spacial score (nSPS) is 21.0. The predicted octanol–water partition coefficient (Wildman–Crippen LogP) is 2.55. The molecule has 1 saturated heterocycles. The van der Waals surface area contributed by atoms with Gasteiger partial charge in [-0.2, -0.15) is 0 Å². The third-order valence-electron chi connectivity index (χ3n) is 5.73. The first kappa shape index (κ1) is 20.1. The van der Waals surface area contributed by atoms with E-state index in [1.165, 1.54) is 24.5 Å². The highest BCUT2D eigenvalue weighted by Gasteiger charge is 2.32. The number of imidazole rings is 1.